The highest BCUT2D eigenvalue weighted by molar-refractivity contribution is 8.00. The summed E-state index contributed by atoms with van der Waals surface area (Å²) in [6.07, 6.45) is 4.55. The molecule has 0 atom stereocenters. The molecule has 0 aromatic heterocycles. The van der Waals surface area contributed by atoms with Crippen molar-refractivity contribution in [3.63, 3.8) is 0 Å². The van der Waals surface area contributed by atoms with E-state index in [1.54, 1.807) is 12.1 Å². The number of hydrogen-bond donors (Lipinski definition) is 2. The summed E-state index contributed by atoms with van der Waals surface area (Å²) in [7, 11) is -3.63. The molecular formula is C12H18N2O2S2. The number of thioether (sulfide) groups is 1. The second kappa shape index (κ2) is 4.75. The first kappa shape index (κ1) is 13.7. The highest BCUT2D eigenvalue weighted by Gasteiger charge is 2.41. The molecule has 18 heavy (non-hydrogen) atoms. The average molecular weight is 286 g/mol. The predicted molar refractivity (Wildman–Crippen MR) is 76.5 cm³/mol. The Balaban J connectivity index is 2.17. The van der Waals surface area contributed by atoms with E-state index < -0.39 is 10.0 Å². The van der Waals surface area contributed by atoms with Crippen LogP contribution >= 0.6 is 11.8 Å². The number of rotatable bonds is 5. The van der Waals surface area contributed by atoms with Crippen molar-refractivity contribution in [1.29, 1.82) is 0 Å². The van der Waals surface area contributed by atoms with Crippen molar-refractivity contribution >= 4 is 27.5 Å². The SMILES string of the molecule is CSC1(CNc2cc(S(N)(=O)=O)ccc2C)CC1. The van der Waals surface area contributed by atoms with Crippen molar-refractivity contribution in [2.75, 3.05) is 18.1 Å². The van der Waals surface area contributed by atoms with Crippen LogP contribution in [-0.2, 0) is 10.0 Å². The monoisotopic (exact) mass is 286 g/mol. The molecule has 3 N–H and O–H groups in total. The molecule has 0 heterocycles. The van der Waals surface area contributed by atoms with Gasteiger partial charge in [-0.1, -0.05) is 6.07 Å². The fourth-order valence-corrected chi connectivity index (χ4v) is 3.08. The zero-order valence-electron chi connectivity index (χ0n) is 10.6. The van der Waals surface area contributed by atoms with Gasteiger partial charge in [-0.05, 0) is 43.7 Å². The molecule has 0 amide bonds. The van der Waals surface area contributed by atoms with Gasteiger partial charge in [-0.2, -0.15) is 11.8 Å². The molecule has 0 unspecified atom stereocenters. The molecule has 6 heteroatoms. The van der Waals surface area contributed by atoms with E-state index in [0.717, 1.165) is 17.8 Å². The van der Waals surface area contributed by atoms with Gasteiger partial charge in [0.25, 0.3) is 0 Å². The molecule has 4 nitrogen and oxygen atoms in total. The Kier molecular flexibility index (Phi) is 3.62. The van der Waals surface area contributed by atoms with Gasteiger partial charge < -0.3 is 5.32 Å². The number of aryl methyl sites for hydroxylation is 1. The molecule has 1 aromatic carbocycles. The highest BCUT2D eigenvalue weighted by Crippen LogP contribution is 2.47. The van der Waals surface area contributed by atoms with Crippen LogP contribution in [0.1, 0.15) is 18.4 Å². The van der Waals surface area contributed by atoms with Gasteiger partial charge >= 0.3 is 0 Å². The Morgan fingerprint density at radius 1 is 1.44 bits per heavy atom. The van der Waals surface area contributed by atoms with Gasteiger partial charge in [0.05, 0.1) is 4.90 Å². The maximum atomic E-state index is 11.3. The number of benzene rings is 1. The zero-order valence-corrected chi connectivity index (χ0v) is 12.2. The minimum absolute atomic E-state index is 0.157. The highest BCUT2D eigenvalue weighted by atomic mass is 32.2. The third kappa shape index (κ3) is 2.99. The summed E-state index contributed by atoms with van der Waals surface area (Å²) in [4.78, 5) is 0.157. The lowest BCUT2D eigenvalue weighted by Crippen LogP contribution is -2.18. The van der Waals surface area contributed by atoms with Crippen molar-refractivity contribution in [3.8, 4) is 0 Å². The van der Waals surface area contributed by atoms with E-state index in [9.17, 15) is 8.42 Å². The van der Waals surface area contributed by atoms with E-state index in [1.165, 1.54) is 18.9 Å². The molecule has 1 aromatic rings. The summed E-state index contributed by atoms with van der Waals surface area (Å²) >= 11 is 1.87. The molecule has 1 aliphatic rings. The fraction of sp³-hybridized carbons (Fsp3) is 0.500. The number of nitrogens with two attached hydrogens (primary N) is 1. The summed E-state index contributed by atoms with van der Waals surface area (Å²) in [6, 6.07) is 4.93. The molecule has 0 saturated heterocycles. The number of primary sulfonamides is 1. The summed E-state index contributed by atoms with van der Waals surface area (Å²) in [5, 5.41) is 8.47. The largest absolute Gasteiger partial charge is 0.383 e. The Hall–Kier alpha value is -0.720. The molecule has 0 bridgehead atoms. The summed E-state index contributed by atoms with van der Waals surface area (Å²) in [5.41, 5.74) is 1.88. The van der Waals surface area contributed by atoms with Crippen molar-refractivity contribution in [2.45, 2.75) is 29.4 Å². The summed E-state index contributed by atoms with van der Waals surface area (Å²) in [6.45, 7) is 2.82. The number of nitrogens with one attached hydrogen (secondary N) is 1. The summed E-state index contributed by atoms with van der Waals surface area (Å²) < 4.78 is 23.0. The van der Waals surface area contributed by atoms with Crippen molar-refractivity contribution in [1.82, 2.24) is 0 Å². The van der Waals surface area contributed by atoms with Gasteiger partial charge in [0.15, 0.2) is 0 Å². The Morgan fingerprint density at radius 2 is 2.11 bits per heavy atom. The van der Waals surface area contributed by atoms with E-state index in [0.29, 0.717) is 4.75 Å². The van der Waals surface area contributed by atoms with Crippen LogP contribution in [0, 0.1) is 6.92 Å². The third-order valence-corrected chi connectivity index (χ3v) is 5.71. The normalized spacial score (nSPS) is 17.5. The lowest BCUT2D eigenvalue weighted by atomic mass is 10.2. The second-order valence-corrected chi connectivity index (χ2v) is 7.60. The van der Waals surface area contributed by atoms with E-state index in [-0.39, 0.29) is 4.90 Å². The van der Waals surface area contributed by atoms with Gasteiger partial charge in [-0.15, -0.1) is 0 Å². The molecule has 0 radical (unpaired) electrons. The first-order valence-electron chi connectivity index (χ1n) is 5.79. The van der Waals surface area contributed by atoms with Crippen LogP contribution in [-0.4, -0.2) is 26.0 Å². The van der Waals surface area contributed by atoms with Crippen molar-refractivity contribution in [3.05, 3.63) is 23.8 Å². The van der Waals surface area contributed by atoms with Crippen LogP contribution in [0.5, 0.6) is 0 Å². The maximum absolute atomic E-state index is 11.3. The van der Waals surface area contributed by atoms with E-state index in [1.807, 2.05) is 18.7 Å². The Labute approximate surface area is 112 Å². The minimum atomic E-state index is -3.63. The third-order valence-electron chi connectivity index (χ3n) is 3.38. The smallest absolute Gasteiger partial charge is 0.238 e. The lowest BCUT2D eigenvalue weighted by molar-refractivity contribution is 0.598. The topological polar surface area (TPSA) is 72.2 Å². The molecule has 1 saturated carbocycles. The van der Waals surface area contributed by atoms with Gasteiger partial charge in [-0.25, -0.2) is 13.6 Å². The number of hydrogen-bond acceptors (Lipinski definition) is 4. The lowest BCUT2D eigenvalue weighted by Gasteiger charge is -2.16. The van der Waals surface area contributed by atoms with Crippen LogP contribution in [0.15, 0.2) is 23.1 Å². The van der Waals surface area contributed by atoms with Crippen LogP contribution < -0.4 is 10.5 Å². The van der Waals surface area contributed by atoms with Crippen LogP contribution in [0.2, 0.25) is 0 Å². The zero-order chi connectivity index (χ0) is 13.4. The van der Waals surface area contributed by atoms with E-state index in [4.69, 9.17) is 5.14 Å². The van der Waals surface area contributed by atoms with Crippen LogP contribution in [0.25, 0.3) is 0 Å². The predicted octanol–water partition coefficient (Wildman–Crippen LogP) is 1.95. The Morgan fingerprint density at radius 3 is 2.61 bits per heavy atom. The first-order chi connectivity index (χ1) is 8.36. The molecule has 1 aliphatic carbocycles. The van der Waals surface area contributed by atoms with Gasteiger partial charge in [0.1, 0.15) is 0 Å². The number of sulfonamides is 1. The van der Waals surface area contributed by atoms with Crippen molar-refractivity contribution in [2.24, 2.45) is 5.14 Å². The molecular weight excluding hydrogens is 268 g/mol. The maximum Gasteiger partial charge on any atom is 0.238 e. The Bertz CT molecular complexity index is 551. The molecule has 0 spiro atoms. The molecule has 1 fully saturated rings. The van der Waals surface area contributed by atoms with Crippen LogP contribution in [0.3, 0.4) is 0 Å². The summed E-state index contributed by atoms with van der Waals surface area (Å²) in [5.74, 6) is 0. The standard InChI is InChI=1S/C12H18N2O2S2/c1-9-3-4-10(18(13,15)16)7-11(9)14-8-12(17-2)5-6-12/h3-4,7,14H,5-6,8H2,1-2H3,(H2,13,15,16). The van der Waals surface area contributed by atoms with Gasteiger partial charge in [-0.3, -0.25) is 0 Å². The first-order valence-corrected chi connectivity index (χ1v) is 8.56. The molecule has 100 valence electrons. The van der Waals surface area contributed by atoms with E-state index >= 15 is 0 Å². The van der Waals surface area contributed by atoms with Crippen molar-refractivity contribution < 1.29 is 8.42 Å². The molecule has 2 rings (SSSR count). The second-order valence-electron chi connectivity index (χ2n) is 4.76. The molecule has 0 aliphatic heterocycles. The van der Waals surface area contributed by atoms with Crippen LogP contribution in [0.4, 0.5) is 5.69 Å². The quantitative estimate of drug-likeness (QED) is 0.868. The fourth-order valence-electron chi connectivity index (χ4n) is 1.82. The number of anilines is 1. The van der Waals surface area contributed by atoms with Gasteiger partial charge in [0.2, 0.25) is 10.0 Å². The van der Waals surface area contributed by atoms with Gasteiger partial charge in [0, 0.05) is 17.0 Å². The van der Waals surface area contributed by atoms with E-state index in [2.05, 4.69) is 11.6 Å². The minimum Gasteiger partial charge on any atom is -0.383 e. The average Bonchev–Trinajstić information content (AvgIpc) is 3.07.